The van der Waals surface area contributed by atoms with Crippen molar-refractivity contribution in [1.82, 2.24) is 15.1 Å². The molecule has 0 radical (unpaired) electrons. The molecule has 7 heteroatoms. The Bertz CT molecular complexity index is 759. The van der Waals surface area contributed by atoms with Gasteiger partial charge in [-0.05, 0) is 41.1 Å². The minimum atomic E-state index is -0.127. The van der Waals surface area contributed by atoms with Gasteiger partial charge in [0.05, 0.1) is 16.9 Å². The Kier molecular flexibility index (Phi) is 7.29. The highest BCUT2D eigenvalue weighted by atomic mass is 79.9. The minimum Gasteiger partial charge on any atom is -0.496 e. The fourth-order valence-corrected chi connectivity index (χ4v) is 4.84. The van der Waals surface area contributed by atoms with Crippen LogP contribution in [0.4, 0.5) is 0 Å². The van der Waals surface area contributed by atoms with E-state index in [-0.39, 0.29) is 11.9 Å². The van der Waals surface area contributed by atoms with Crippen LogP contribution in [0.3, 0.4) is 0 Å². The number of carbonyl (C=O) groups is 1. The standard InChI is InChI=1S/C20H26BrN3O2S/c1-15(20(25)22-13-16-5-3-4-6-18(16)26-2)24-11-9-23(10-12-24)14-17-7-8-19(21)27-17/h3-8,15H,9-14H2,1-2H3,(H,22,25)/t15-/m0/s1. The highest BCUT2D eigenvalue weighted by Crippen LogP contribution is 2.24. The average molecular weight is 452 g/mol. The summed E-state index contributed by atoms with van der Waals surface area (Å²) in [6.45, 7) is 7.26. The number of benzene rings is 1. The lowest BCUT2D eigenvalue weighted by molar-refractivity contribution is -0.126. The number of halogens is 1. The van der Waals surface area contributed by atoms with Gasteiger partial charge in [0.2, 0.25) is 5.91 Å². The number of nitrogens with one attached hydrogen (secondary N) is 1. The van der Waals surface area contributed by atoms with Crippen molar-refractivity contribution in [2.45, 2.75) is 26.1 Å². The Balaban J connectivity index is 1.45. The third-order valence-corrected chi connectivity index (χ3v) is 6.60. The van der Waals surface area contributed by atoms with E-state index in [9.17, 15) is 4.79 Å². The first kappa shape index (κ1) is 20.3. The molecule has 0 spiro atoms. The second-order valence-electron chi connectivity index (χ2n) is 6.72. The molecule has 2 heterocycles. The molecule has 0 aliphatic carbocycles. The van der Waals surface area contributed by atoms with Gasteiger partial charge in [0, 0.05) is 49.7 Å². The Morgan fingerprint density at radius 2 is 1.96 bits per heavy atom. The van der Waals surface area contributed by atoms with E-state index >= 15 is 0 Å². The van der Waals surface area contributed by atoms with Gasteiger partial charge in [0.15, 0.2) is 0 Å². The first-order chi connectivity index (χ1) is 13.1. The second-order valence-corrected chi connectivity index (χ2v) is 9.27. The lowest BCUT2D eigenvalue weighted by Crippen LogP contribution is -2.53. The van der Waals surface area contributed by atoms with Gasteiger partial charge in [-0.3, -0.25) is 14.6 Å². The van der Waals surface area contributed by atoms with Gasteiger partial charge in [-0.25, -0.2) is 0 Å². The van der Waals surface area contributed by atoms with Crippen molar-refractivity contribution in [2.24, 2.45) is 0 Å². The lowest BCUT2D eigenvalue weighted by Gasteiger charge is -2.37. The van der Waals surface area contributed by atoms with Crippen LogP contribution >= 0.6 is 27.3 Å². The molecular weight excluding hydrogens is 426 g/mol. The number of hydrogen-bond donors (Lipinski definition) is 1. The van der Waals surface area contributed by atoms with Crippen molar-refractivity contribution < 1.29 is 9.53 Å². The fourth-order valence-electron chi connectivity index (χ4n) is 3.31. The summed E-state index contributed by atoms with van der Waals surface area (Å²) in [5.41, 5.74) is 0.993. The average Bonchev–Trinajstić information content (AvgIpc) is 3.11. The monoisotopic (exact) mass is 451 g/mol. The predicted octanol–water partition coefficient (Wildman–Crippen LogP) is 3.34. The Morgan fingerprint density at radius 1 is 1.22 bits per heavy atom. The van der Waals surface area contributed by atoms with Crippen molar-refractivity contribution in [3.05, 3.63) is 50.6 Å². The molecule has 1 aliphatic rings. The molecule has 3 rings (SSSR count). The summed E-state index contributed by atoms with van der Waals surface area (Å²) in [7, 11) is 1.65. The number of thiophene rings is 1. The number of ether oxygens (including phenoxy) is 1. The summed E-state index contributed by atoms with van der Waals surface area (Å²) in [5, 5.41) is 3.05. The first-order valence-corrected chi connectivity index (χ1v) is 10.8. The van der Waals surface area contributed by atoms with Gasteiger partial charge in [0.25, 0.3) is 0 Å². The normalized spacial score (nSPS) is 16.9. The van der Waals surface area contributed by atoms with Crippen LogP contribution in [0.1, 0.15) is 17.4 Å². The maximum Gasteiger partial charge on any atom is 0.237 e. The smallest absolute Gasteiger partial charge is 0.237 e. The van der Waals surface area contributed by atoms with Gasteiger partial charge in [-0.1, -0.05) is 18.2 Å². The number of hydrogen-bond acceptors (Lipinski definition) is 5. The summed E-state index contributed by atoms with van der Waals surface area (Å²) in [6, 6.07) is 11.9. The summed E-state index contributed by atoms with van der Waals surface area (Å²) < 4.78 is 6.52. The molecule has 0 saturated carbocycles. The summed E-state index contributed by atoms with van der Waals surface area (Å²) in [5.74, 6) is 0.871. The number of methoxy groups -OCH3 is 1. The molecule has 1 aromatic heterocycles. The van der Waals surface area contributed by atoms with Crippen LogP contribution in [0.2, 0.25) is 0 Å². The van der Waals surface area contributed by atoms with E-state index in [0.29, 0.717) is 6.54 Å². The molecule has 0 unspecified atom stereocenters. The SMILES string of the molecule is COc1ccccc1CNC(=O)[C@H](C)N1CCN(Cc2ccc(Br)s2)CC1. The van der Waals surface area contributed by atoms with Crippen LogP contribution in [0.15, 0.2) is 40.2 Å². The molecule has 0 bridgehead atoms. The lowest BCUT2D eigenvalue weighted by atomic mass is 10.1. The van der Waals surface area contributed by atoms with E-state index in [4.69, 9.17) is 4.74 Å². The fraction of sp³-hybridized carbons (Fsp3) is 0.450. The van der Waals surface area contributed by atoms with Crippen LogP contribution in [0.5, 0.6) is 5.75 Å². The molecule has 2 aromatic rings. The van der Waals surface area contributed by atoms with Crippen LogP contribution in [0, 0.1) is 0 Å². The van der Waals surface area contributed by atoms with Crippen molar-refractivity contribution in [2.75, 3.05) is 33.3 Å². The van der Waals surface area contributed by atoms with Crippen LogP contribution < -0.4 is 10.1 Å². The zero-order valence-corrected chi connectivity index (χ0v) is 18.2. The molecule has 1 aliphatic heterocycles. The van der Waals surface area contributed by atoms with Gasteiger partial charge < -0.3 is 10.1 Å². The number of carbonyl (C=O) groups excluding carboxylic acids is 1. The van der Waals surface area contributed by atoms with Crippen LogP contribution in [-0.4, -0.2) is 55.0 Å². The van der Waals surface area contributed by atoms with Crippen LogP contribution in [-0.2, 0) is 17.9 Å². The molecule has 1 amide bonds. The molecule has 1 atom stereocenters. The maximum atomic E-state index is 12.6. The van der Waals surface area contributed by atoms with Gasteiger partial charge in [-0.15, -0.1) is 11.3 Å². The number of nitrogens with zero attached hydrogens (tertiary/aromatic N) is 2. The highest BCUT2D eigenvalue weighted by molar-refractivity contribution is 9.11. The second kappa shape index (κ2) is 9.68. The van der Waals surface area contributed by atoms with Crippen molar-refractivity contribution >= 4 is 33.2 Å². The number of piperazine rings is 1. The summed E-state index contributed by atoms with van der Waals surface area (Å²) in [4.78, 5) is 18.7. The Morgan fingerprint density at radius 3 is 2.63 bits per heavy atom. The van der Waals surface area contributed by atoms with E-state index in [1.54, 1.807) is 18.4 Å². The van der Waals surface area contributed by atoms with Crippen molar-refractivity contribution in [3.63, 3.8) is 0 Å². The predicted molar refractivity (Wildman–Crippen MR) is 113 cm³/mol. The number of rotatable bonds is 7. The summed E-state index contributed by atoms with van der Waals surface area (Å²) >= 11 is 5.31. The topological polar surface area (TPSA) is 44.8 Å². The van der Waals surface area contributed by atoms with Crippen LogP contribution in [0.25, 0.3) is 0 Å². The molecule has 5 nitrogen and oxygen atoms in total. The zero-order chi connectivity index (χ0) is 19.2. The van der Waals surface area contributed by atoms with Crippen molar-refractivity contribution in [3.8, 4) is 5.75 Å². The molecule has 146 valence electrons. The molecule has 27 heavy (non-hydrogen) atoms. The Labute approximate surface area is 173 Å². The molecule has 1 saturated heterocycles. The molecule has 1 N–H and O–H groups in total. The highest BCUT2D eigenvalue weighted by Gasteiger charge is 2.25. The molecular formula is C20H26BrN3O2S. The van der Waals surface area contributed by atoms with Gasteiger partial charge in [0.1, 0.15) is 5.75 Å². The quantitative estimate of drug-likeness (QED) is 0.700. The largest absolute Gasteiger partial charge is 0.496 e. The number of amides is 1. The number of para-hydroxylation sites is 1. The molecule has 1 aromatic carbocycles. The van der Waals surface area contributed by atoms with Gasteiger partial charge >= 0.3 is 0 Å². The van der Waals surface area contributed by atoms with E-state index in [2.05, 4.69) is 43.2 Å². The first-order valence-electron chi connectivity index (χ1n) is 9.17. The maximum absolute atomic E-state index is 12.6. The van der Waals surface area contributed by atoms with E-state index in [0.717, 1.165) is 44.0 Å². The zero-order valence-electron chi connectivity index (χ0n) is 15.8. The third-order valence-electron chi connectivity index (χ3n) is 4.99. The third kappa shape index (κ3) is 5.54. The van der Waals surface area contributed by atoms with E-state index in [1.165, 1.54) is 8.66 Å². The van der Waals surface area contributed by atoms with E-state index < -0.39 is 0 Å². The van der Waals surface area contributed by atoms with E-state index in [1.807, 2.05) is 31.2 Å². The minimum absolute atomic E-state index is 0.0662. The Hall–Kier alpha value is -1.41. The van der Waals surface area contributed by atoms with Gasteiger partial charge in [-0.2, -0.15) is 0 Å². The summed E-state index contributed by atoms with van der Waals surface area (Å²) in [6.07, 6.45) is 0. The molecule has 1 fully saturated rings. The van der Waals surface area contributed by atoms with Crippen molar-refractivity contribution in [1.29, 1.82) is 0 Å².